The molecule has 0 aliphatic carbocycles. The summed E-state index contributed by atoms with van der Waals surface area (Å²) in [6.45, 7) is 1.03. The Hall–Kier alpha value is -1.52. The molecule has 0 saturated carbocycles. The first-order valence-electron chi connectivity index (χ1n) is 5.78. The summed E-state index contributed by atoms with van der Waals surface area (Å²) in [5.74, 6) is 0.716. The topological polar surface area (TPSA) is 53.1 Å². The highest BCUT2D eigenvalue weighted by Crippen LogP contribution is 2.29. The molecule has 0 unspecified atom stereocenters. The standard InChI is InChI=1S/C13H16ClN3O/c1-17-8-10(7-16-17)9-18-13-11(5-6-15)3-2-4-12(13)14/h2-4,7-8H,5-6,9,15H2,1H3. The number of aryl methyl sites for hydroxylation is 1. The zero-order chi connectivity index (χ0) is 13.0. The van der Waals surface area contributed by atoms with Crippen molar-refractivity contribution in [3.05, 3.63) is 46.7 Å². The number of nitrogens with zero attached hydrogens (tertiary/aromatic N) is 2. The third-order valence-electron chi connectivity index (χ3n) is 2.60. The molecule has 1 aromatic heterocycles. The average Bonchev–Trinajstić information content (AvgIpc) is 2.75. The fourth-order valence-electron chi connectivity index (χ4n) is 1.77. The first-order chi connectivity index (χ1) is 8.70. The summed E-state index contributed by atoms with van der Waals surface area (Å²) in [5.41, 5.74) is 7.62. The van der Waals surface area contributed by atoms with Gasteiger partial charge in [0, 0.05) is 18.8 Å². The lowest BCUT2D eigenvalue weighted by Gasteiger charge is -2.11. The van der Waals surface area contributed by atoms with Crippen molar-refractivity contribution in [1.82, 2.24) is 9.78 Å². The Labute approximate surface area is 111 Å². The zero-order valence-electron chi connectivity index (χ0n) is 10.3. The van der Waals surface area contributed by atoms with Crippen LogP contribution in [0.15, 0.2) is 30.6 Å². The molecule has 0 amide bonds. The van der Waals surface area contributed by atoms with Crippen LogP contribution in [0.5, 0.6) is 5.75 Å². The summed E-state index contributed by atoms with van der Waals surface area (Å²) in [7, 11) is 1.87. The van der Waals surface area contributed by atoms with E-state index in [0.717, 1.165) is 17.5 Å². The lowest BCUT2D eigenvalue weighted by Crippen LogP contribution is -2.05. The van der Waals surface area contributed by atoms with Crippen LogP contribution >= 0.6 is 11.6 Å². The maximum atomic E-state index is 6.15. The van der Waals surface area contributed by atoms with E-state index in [4.69, 9.17) is 22.1 Å². The molecule has 2 N–H and O–H groups in total. The number of hydrogen-bond acceptors (Lipinski definition) is 3. The normalized spacial score (nSPS) is 10.6. The lowest BCUT2D eigenvalue weighted by atomic mass is 10.1. The molecule has 0 radical (unpaired) electrons. The van der Waals surface area contributed by atoms with E-state index >= 15 is 0 Å². The van der Waals surface area contributed by atoms with Crippen LogP contribution in [0.2, 0.25) is 5.02 Å². The molecule has 1 aromatic carbocycles. The Morgan fingerprint density at radius 1 is 1.44 bits per heavy atom. The minimum Gasteiger partial charge on any atom is -0.487 e. The van der Waals surface area contributed by atoms with Crippen LogP contribution in [0.25, 0.3) is 0 Å². The fourth-order valence-corrected chi connectivity index (χ4v) is 2.02. The van der Waals surface area contributed by atoms with Gasteiger partial charge in [0.25, 0.3) is 0 Å². The van der Waals surface area contributed by atoms with Crippen molar-refractivity contribution in [3.8, 4) is 5.75 Å². The van der Waals surface area contributed by atoms with E-state index in [1.54, 1.807) is 10.9 Å². The second-order valence-corrected chi connectivity index (χ2v) is 4.48. The van der Waals surface area contributed by atoms with E-state index in [9.17, 15) is 0 Å². The molecule has 0 atom stereocenters. The molecule has 96 valence electrons. The highest BCUT2D eigenvalue weighted by atomic mass is 35.5. The second kappa shape index (κ2) is 5.89. The highest BCUT2D eigenvalue weighted by molar-refractivity contribution is 6.32. The van der Waals surface area contributed by atoms with Crippen molar-refractivity contribution in [2.75, 3.05) is 6.54 Å². The second-order valence-electron chi connectivity index (χ2n) is 4.08. The van der Waals surface area contributed by atoms with Gasteiger partial charge in [-0.15, -0.1) is 0 Å². The molecule has 0 aliphatic heterocycles. The third-order valence-corrected chi connectivity index (χ3v) is 2.90. The predicted molar refractivity (Wildman–Crippen MR) is 71.8 cm³/mol. The van der Waals surface area contributed by atoms with Crippen LogP contribution in [0.4, 0.5) is 0 Å². The number of halogens is 1. The number of para-hydroxylation sites is 1. The van der Waals surface area contributed by atoms with Gasteiger partial charge in [-0.25, -0.2) is 0 Å². The van der Waals surface area contributed by atoms with Crippen LogP contribution in [-0.2, 0) is 20.1 Å². The quantitative estimate of drug-likeness (QED) is 0.901. The van der Waals surface area contributed by atoms with E-state index in [-0.39, 0.29) is 0 Å². The average molecular weight is 266 g/mol. The smallest absolute Gasteiger partial charge is 0.141 e. The van der Waals surface area contributed by atoms with E-state index in [1.807, 2.05) is 31.4 Å². The monoisotopic (exact) mass is 265 g/mol. The van der Waals surface area contributed by atoms with Crippen molar-refractivity contribution < 1.29 is 4.74 Å². The SMILES string of the molecule is Cn1cc(COc2c(Cl)cccc2CCN)cn1. The summed E-state index contributed by atoms with van der Waals surface area (Å²) in [6.07, 6.45) is 4.45. The number of aromatic nitrogens is 2. The first-order valence-corrected chi connectivity index (χ1v) is 6.16. The van der Waals surface area contributed by atoms with Crippen molar-refractivity contribution >= 4 is 11.6 Å². The van der Waals surface area contributed by atoms with Gasteiger partial charge in [-0.2, -0.15) is 5.10 Å². The summed E-state index contributed by atoms with van der Waals surface area (Å²) in [6, 6.07) is 5.71. The van der Waals surface area contributed by atoms with Gasteiger partial charge in [0.15, 0.2) is 0 Å². The molecule has 0 bridgehead atoms. The van der Waals surface area contributed by atoms with Gasteiger partial charge in [-0.1, -0.05) is 23.7 Å². The molecule has 0 saturated heterocycles. The van der Waals surface area contributed by atoms with Gasteiger partial charge in [0.1, 0.15) is 12.4 Å². The largest absolute Gasteiger partial charge is 0.487 e. The van der Waals surface area contributed by atoms with Gasteiger partial charge in [0.2, 0.25) is 0 Å². The van der Waals surface area contributed by atoms with Crippen molar-refractivity contribution in [2.45, 2.75) is 13.0 Å². The van der Waals surface area contributed by atoms with Gasteiger partial charge < -0.3 is 10.5 Å². The van der Waals surface area contributed by atoms with Crippen molar-refractivity contribution in [2.24, 2.45) is 12.8 Å². The lowest BCUT2D eigenvalue weighted by molar-refractivity contribution is 0.303. The van der Waals surface area contributed by atoms with Gasteiger partial charge in [-0.05, 0) is 24.6 Å². The van der Waals surface area contributed by atoms with E-state index in [1.165, 1.54) is 0 Å². The molecule has 4 nitrogen and oxygen atoms in total. The molecule has 2 rings (SSSR count). The van der Waals surface area contributed by atoms with Crippen molar-refractivity contribution in [1.29, 1.82) is 0 Å². The molecule has 5 heteroatoms. The Morgan fingerprint density at radius 2 is 2.28 bits per heavy atom. The minimum absolute atomic E-state index is 0.454. The van der Waals surface area contributed by atoms with Crippen molar-refractivity contribution in [3.63, 3.8) is 0 Å². The van der Waals surface area contributed by atoms with Gasteiger partial charge >= 0.3 is 0 Å². The predicted octanol–water partition coefficient (Wildman–Crippen LogP) is 2.15. The zero-order valence-corrected chi connectivity index (χ0v) is 11.0. The van der Waals surface area contributed by atoms with Crippen LogP contribution in [0, 0.1) is 0 Å². The number of nitrogens with two attached hydrogens (primary N) is 1. The molecule has 0 fully saturated rings. The van der Waals surface area contributed by atoms with Gasteiger partial charge in [0.05, 0.1) is 11.2 Å². The van der Waals surface area contributed by atoms with Crippen LogP contribution < -0.4 is 10.5 Å². The summed E-state index contributed by atoms with van der Waals surface area (Å²) < 4.78 is 7.52. The number of rotatable bonds is 5. The third kappa shape index (κ3) is 3.03. The maximum Gasteiger partial charge on any atom is 0.141 e. The molecule has 0 aliphatic rings. The number of benzene rings is 1. The number of hydrogen-bond donors (Lipinski definition) is 1. The van der Waals surface area contributed by atoms with Crippen LogP contribution in [-0.4, -0.2) is 16.3 Å². The molecular formula is C13H16ClN3O. The van der Waals surface area contributed by atoms with Crippen LogP contribution in [0.1, 0.15) is 11.1 Å². The summed E-state index contributed by atoms with van der Waals surface area (Å²) >= 11 is 6.15. The van der Waals surface area contributed by atoms with E-state index < -0.39 is 0 Å². The van der Waals surface area contributed by atoms with Crippen LogP contribution in [0.3, 0.4) is 0 Å². The molecule has 18 heavy (non-hydrogen) atoms. The molecule has 2 aromatic rings. The summed E-state index contributed by atoms with van der Waals surface area (Å²) in [4.78, 5) is 0. The van der Waals surface area contributed by atoms with E-state index in [0.29, 0.717) is 23.9 Å². The Morgan fingerprint density at radius 3 is 2.94 bits per heavy atom. The summed E-state index contributed by atoms with van der Waals surface area (Å²) in [5, 5.41) is 4.71. The fraction of sp³-hybridized carbons (Fsp3) is 0.308. The molecule has 0 spiro atoms. The van der Waals surface area contributed by atoms with Gasteiger partial charge in [-0.3, -0.25) is 4.68 Å². The van der Waals surface area contributed by atoms with E-state index in [2.05, 4.69) is 5.10 Å². The Balaban J connectivity index is 2.12. The maximum absolute atomic E-state index is 6.15. The first kappa shape index (κ1) is 12.9. The minimum atomic E-state index is 0.454. The number of ether oxygens (including phenoxy) is 1. The Bertz CT molecular complexity index is 525. The highest BCUT2D eigenvalue weighted by Gasteiger charge is 2.08. The molecular weight excluding hydrogens is 250 g/mol. The molecule has 1 heterocycles. The Kier molecular flexibility index (Phi) is 4.23.